The van der Waals surface area contributed by atoms with Gasteiger partial charge in [-0.1, -0.05) is 12.1 Å². The van der Waals surface area contributed by atoms with Crippen LogP contribution in [0.1, 0.15) is 18.5 Å². The van der Waals surface area contributed by atoms with Gasteiger partial charge < -0.3 is 30.2 Å². The molecule has 8 heteroatoms. The second-order valence-electron chi connectivity index (χ2n) is 6.37. The van der Waals surface area contributed by atoms with Crippen molar-refractivity contribution in [2.24, 2.45) is 0 Å². The SMILES string of the molecule is COc1cccc(NC(=O)C2=C(C)NC(=O)N[C@@H]2c2ccc(OC)c(OC)c2)c1. The smallest absolute Gasteiger partial charge is 0.319 e. The molecule has 2 aromatic rings. The summed E-state index contributed by atoms with van der Waals surface area (Å²) in [6.07, 6.45) is 0. The minimum atomic E-state index is -0.658. The summed E-state index contributed by atoms with van der Waals surface area (Å²) in [5.74, 6) is 1.34. The van der Waals surface area contributed by atoms with E-state index in [4.69, 9.17) is 14.2 Å². The molecule has 3 amide bonds. The monoisotopic (exact) mass is 397 g/mol. The van der Waals surface area contributed by atoms with Gasteiger partial charge in [0.25, 0.3) is 5.91 Å². The van der Waals surface area contributed by atoms with Crippen molar-refractivity contribution in [3.05, 3.63) is 59.3 Å². The molecular formula is C21H23N3O5. The molecule has 0 aromatic heterocycles. The van der Waals surface area contributed by atoms with E-state index in [-0.39, 0.29) is 11.9 Å². The van der Waals surface area contributed by atoms with Crippen molar-refractivity contribution in [3.8, 4) is 17.2 Å². The lowest BCUT2D eigenvalue weighted by atomic mass is 9.94. The van der Waals surface area contributed by atoms with Crippen LogP contribution in [0.2, 0.25) is 0 Å². The maximum absolute atomic E-state index is 13.1. The fourth-order valence-corrected chi connectivity index (χ4v) is 3.18. The Hall–Kier alpha value is -3.68. The number of rotatable bonds is 6. The molecule has 1 aliphatic rings. The molecule has 2 aromatic carbocycles. The van der Waals surface area contributed by atoms with Gasteiger partial charge in [-0.2, -0.15) is 0 Å². The average molecular weight is 397 g/mol. The zero-order valence-electron chi connectivity index (χ0n) is 16.7. The fourth-order valence-electron chi connectivity index (χ4n) is 3.18. The third-order valence-corrected chi connectivity index (χ3v) is 4.58. The van der Waals surface area contributed by atoms with Crippen LogP contribution in [0, 0.1) is 0 Å². The van der Waals surface area contributed by atoms with E-state index in [0.717, 1.165) is 0 Å². The number of urea groups is 1. The lowest BCUT2D eigenvalue weighted by Crippen LogP contribution is -2.45. The Kier molecular flexibility index (Phi) is 5.92. The number of nitrogens with one attached hydrogen (secondary N) is 3. The number of anilines is 1. The van der Waals surface area contributed by atoms with Crippen molar-refractivity contribution in [3.63, 3.8) is 0 Å². The Labute approximate surface area is 168 Å². The molecule has 0 aliphatic carbocycles. The van der Waals surface area contributed by atoms with Gasteiger partial charge in [0.05, 0.1) is 32.9 Å². The first kappa shape index (κ1) is 20.1. The van der Waals surface area contributed by atoms with Gasteiger partial charge in [-0.25, -0.2) is 4.79 Å². The number of ether oxygens (including phenoxy) is 3. The van der Waals surface area contributed by atoms with Gasteiger partial charge in [0.2, 0.25) is 0 Å². The Balaban J connectivity index is 1.96. The molecule has 0 bridgehead atoms. The molecule has 3 N–H and O–H groups in total. The first-order valence-electron chi connectivity index (χ1n) is 8.92. The second-order valence-corrected chi connectivity index (χ2v) is 6.37. The van der Waals surface area contributed by atoms with Crippen LogP contribution in [-0.4, -0.2) is 33.3 Å². The quantitative estimate of drug-likeness (QED) is 0.696. The predicted molar refractivity (Wildman–Crippen MR) is 108 cm³/mol. The average Bonchev–Trinajstić information content (AvgIpc) is 2.72. The highest BCUT2D eigenvalue weighted by Crippen LogP contribution is 2.34. The van der Waals surface area contributed by atoms with Crippen molar-refractivity contribution in [1.29, 1.82) is 0 Å². The van der Waals surface area contributed by atoms with Gasteiger partial charge in [-0.3, -0.25) is 4.79 Å². The van der Waals surface area contributed by atoms with Gasteiger partial charge in [0.15, 0.2) is 11.5 Å². The number of hydrogen-bond donors (Lipinski definition) is 3. The normalized spacial score (nSPS) is 15.9. The molecule has 0 saturated heterocycles. The highest BCUT2D eigenvalue weighted by atomic mass is 16.5. The van der Waals surface area contributed by atoms with Gasteiger partial charge in [-0.15, -0.1) is 0 Å². The van der Waals surface area contributed by atoms with Crippen LogP contribution in [-0.2, 0) is 4.79 Å². The van der Waals surface area contributed by atoms with Gasteiger partial charge in [0.1, 0.15) is 5.75 Å². The molecule has 1 atom stereocenters. The van der Waals surface area contributed by atoms with Crippen molar-refractivity contribution >= 4 is 17.6 Å². The second kappa shape index (κ2) is 8.55. The van der Waals surface area contributed by atoms with Crippen molar-refractivity contribution in [2.45, 2.75) is 13.0 Å². The summed E-state index contributed by atoms with van der Waals surface area (Å²) < 4.78 is 15.8. The maximum atomic E-state index is 13.1. The van der Waals surface area contributed by atoms with Crippen LogP contribution in [0.5, 0.6) is 17.2 Å². The molecule has 0 saturated carbocycles. The Morgan fingerprint density at radius 3 is 2.45 bits per heavy atom. The van der Waals surface area contributed by atoms with E-state index in [2.05, 4.69) is 16.0 Å². The maximum Gasteiger partial charge on any atom is 0.319 e. The highest BCUT2D eigenvalue weighted by molar-refractivity contribution is 6.06. The van der Waals surface area contributed by atoms with E-state index in [0.29, 0.717) is 39.8 Å². The van der Waals surface area contributed by atoms with E-state index >= 15 is 0 Å². The third kappa shape index (κ3) is 4.26. The Morgan fingerprint density at radius 2 is 1.76 bits per heavy atom. The summed E-state index contributed by atoms with van der Waals surface area (Å²) in [5.41, 5.74) is 2.12. The zero-order chi connectivity index (χ0) is 21.0. The van der Waals surface area contributed by atoms with Crippen molar-refractivity contribution < 1.29 is 23.8 Å². The summed E-state index contributed by atoms with van der Waals surface area (Å²) in [6, 6.07) is 11.2. The summed E-state index contributed by atoms with van der Waals surface area (Å²) in [4.78, 5) is 25.2. The number of hydrogen-bond acceptors (Lipinski definition) is 5. The summed E-state index contributed by atoms with van der Waals surface area (Å²) >= 11 is 0. The number of benzene rings is 2. The van der Waals surface area contributed by atoms with Crippen LogP contribution >= 0.6 is 0 Å². The molecule has 152 valence electrons. The van der Waals surface area contributed by atoms with Crippen LogP contribution in [0.25, 0.3) is 0 Å². The largest absolute Gasteiger partial charge is 0.497 e. The summed E-state index contributed by atoms with van der Waals surface area (Å²) in [7, 11) is 4.63. The number of carbonyl (C=O) groups is 2. The number of amides is 3. The van der Waals surface area contributed by atoms with E-state index in [1.54, 1.807) is 63.6 Å². The zero-order valence-corrected chi connectivity index (χ0v) is 16.7. The first-order chi connectivity index (χ1) is 14.0. The molecule has 1 heterocycles. The molecule has 1 aliphatic heterocycles. The van der Waals surface area contributed by atoms with E-state index < -0.39 is 6.04 Å². The molecule has 0 spiro atoms. The van der Waals surface area contributed by atoms with Crippen molar-refractivity contribution in [2.75, 3.05) is 26.6 Å². The predicted octanol–water partition coefficient (Wildman–Crippen LogP) is 2.98. The van der Waals surface area contributed by atoms with Gasteiger partial charge in [-0.05, 0) is 36.8 Å². The number of allylic oxidation sites excluding steroid dienone is 1. The molecule has 3 rings (SSSR count). The molecule has 0 unspecified atom stereocenters. The van der Waals surface area contributed by atoms with E-state index in [9.17, 15) is 9.59 Å². The van der Waals surface area contributed by atoms with Gasteiger partial charge >= 0.3 is 6.03 Å². The van der Waals surface area contributed by atoms with Crippen LogP contribution < -0.4 is 30.2 Å². The molecule has 29 heavy (non-hydrogen) atoms. The number of methoxy groups -OCH3 is 3. The molecule has 8 nitrogen and oxygen atoms in total. The molecular weight excluding hydrogens is 374 g/mol. The minimum absolute atomic E-state index is 0.344. The molecule has 0 fully saturated rings. The highest BCUT2D eigenvalue weighted by Gasteiger charge is 2.31. The fraction of sp³-hybridized carbons (Fsp3) is 0.238. The number of carbonyl (C=O) groups excluding carboxylic acids is 2. The molecule has 0 radical (unpaired) electrons. The first-order valence-corrected chi connectivity index (χ1v) is 8.92. The third-order valence-electron chi connectivity index (χ3n) is 4.58. The summed E-state index contributed by atoms with van der Waals surface area (Å²) in [5, 5.41) is 8.32. The van der Waals surface area contributed by atoms with Crippen LogP contribution in [0.4, 0.5) is 10.5 Å². The van der Waals surface area contributed by atoms with Gasteiger partial charge in [0, 0.05) is 17.5 Å². The van der Waals surface area contributed by atoms with Crippen LogP contribution in [0.3, 0.4) is 0 Å². The van der Waals surface area contributed by atoms with E-state index in [1.165, 1.54) is 7.11 Å². The summed E-state index contributed by atoms with van der Waals surface area (Å²) in [6.45, 7) is 1.69. The van der Waals surface area contributed by atoms with E-state index in [1.807, 2.05) is 0 Å². The minimum Gasteiger partial charge on any atom is -0.497 e. The topological polar surface area (TPSA) is 97.9 Å². The standard InChI is InChI=1S/C21H23N3O5/c1-12-18(20(25)23-14-6-5-7-15(11-14)27-2)19(24-21(26)22-12)13-8-9-16(28-3)17(10-13)29-4/h5-11,19H,1-4H3,(H,23,25)(H2,22,24,26)/t19-/m1/s1. The Bertz CT molecular complexity index is 971. The Morgan fingerprint density at radius 1 is 1.00 bits per heavy atom. The van der Waals surface area contributed by atoms with Crippen LogP contribution in [0.15, 0.2) is 53.7 Å². The lowest BCUT2D eigenvalue weighted by Gasteiger charge is -2.29. The lowest BCUT2D eigenvalue weighted by molar-refractivity contribution is -0.113. The van der Waals surface area contributed by atoms with Crippen molar-refractivity contribution in [1.82, 2.24) is 10.6 Å².